The number of amides is 1. The second-order valence-corrected chi connectivity index (χ2v) is 7.13. The Kier molecular flexibility index (Phi) is 5.98. The van der Waals surface area contributed by atoms with E-state index in [1.54, 1.807) is 24.5 Å². The summed E-state index contributed by atoms with van der Waals surface area (Å²) in [4.78, 5) is 29.6. The minimum atomic E-state index is -1.03. The Labute approximate surface area is 142 Å². The number of hydrogen-bond donors (Lipinski definition) is 1. The number of carboxylic acids is 1. The van der Waals surface area contributed by atoms with Crippen molar-refractivity contribution in [3.63, 3.8) is 0 Å². The van der Waals surface area contributed by atoms with Crippen molar-refractivity contribution >= 4 is 58.0 Å². The molecular formula is C14H14N2O3S3. The van der Waals surface area contributed by atoms with Gasteiger partial charge in [0.2, 0.25) is 0 Å². The predicted molar refractivity (Wildman–Crippen MR) is 93.7 cm³/mol. The lowest BCUT2D eigenvalue weighted by molar-refractivity contribution is -0.145. The maximum absolute atomic E-state index is 12.5. The molecule has 22 heavy (non-hydrogen) atoms. The molecule has 0 bridgehead atoms. The number of thioether (sulfide) groups is 2. The molecular weight excluding hydrogens is 340 g/mol. The minimum absolute atomic E-state index is 0.286. The van der Waals surface area contributed by atoms with Crippen LogP contribution in [-0.2, 0) is 9.59 Å². The van der Waals surface area contributed by atoms with Crippen LogP contribution in [0.3, 0.4) is 0 Å². The van der Waals surface area contributed by atoms with Crippen molar-refractivity contribution < 1.29 is 14.7 Å². The molecule has 2 heterocycles. The van der Waals surface area contributed by atoms with Crippen LogP contribution in [0.2, 0.25) is 0 Å². The first-order valence-corrected chi connectivity index (χ1v) is 9.05. The third kappa shape index (κ3) is 3.88. The van der Waals surface area contributed by atoms with Gasteiger partial charge in [0.15, 0.2) is 0 Å². The summed E-state index contributed by atoms with van der Waals surface area (Å²) in [5.74, 6) is -0.740. The molecule has 1 fully saturated rings. The third-order valence-corrected chi connectivity index (χ3v) is 4.97. The summed E-state index contributed by atoms with van der Waals surface area (Å²) in [6.07, 6.45) is 7.22. The zero-order valence-electron chi connectivity index (χ0n) is 11.8. The lowest BCUT2D eigenvalue weighted by atomic mass is 10.2. The summed E-state index contributed by atoms with van der Waals surface area (Å²) < 4.78 is 0.286. The molecule has 1 aromatic heterocycles. The first-order chi connectivity index (χ1) is 10.5. The summed E-state index contributed by atoms with van der Waals surface area (Å²) in [5.41, 5.74) is 0.777. The molecule has 1 amide bonds. The van der Waals surface area contributed by atoms with Crippen molar-refractivity contribution in [2.75, 3.05) is 12.0 Å². The smallest absolute Gasteiger partial charge is 0.326 e. The maximum Gasteiger partial charge on any atom is 0.326 e. The van der Waals surface area contributed by atoms with Gasteiger partial charge in [-0.25, -0.2) is 4.79 Å². The van der Waals surface area contributed by atoms with Gasteiger partial charge in [0.1, 0.15) is 10.4 Å². The van der Waals surface area contributed by atoms with E-state index in [2.05, 4.69) is 4.98 Å². The highest BCUT2D eigenvalue weighted by molar-refractivity contribution is 8.26. The fraction of sp³-hybridized carbons (Fsp3) is 0.286. The molecule has 1 aliphatic heterocycles. The highest BCUT2D eigenvalue weighted by Crippen LogP contribution is 2.34. The topological polar surface area (TPSA) is 70.5 Å². The number of carboxylic acid groups (broad SMARTS) is 1. The molecule has 0 aromatic carbocycles. The van der Waals surface area contributed by atoms with E-state index in [0.29, 0.717) is 17.1 Å². The molecule has 0 spiro atoms. The summed E-state index contributed by atoms with van der Waals surface area (Å²) >= 11 is 7.86. The van der Waals surface area contributed by atoms with Crippen LogP contribution < -0.4 is 0 Å². The van der Waals surface area contributed by atoms with Gasteiger partial charge in [0, 0.05) is 12.4 Å². The zero-order chi connectivity index (χ0) is 16.1. The number of aromatic nitrogens is 1. The monoisotopic (exact) mass is 354 g/mol. The number of nitrogens with zero attached hydrogens (tertiary/aromatic N) is 2. The lowest BCUT2D eigenvalue weighted by Gasteiger charge is -2.22. The van der Waals surface area contributed by atoms with Gasteiger partial charge in [-0.15, -0.1) is 0 Å². The number of hydrogen-bond acceptors (Lipinski definition) is 6. The highest BCUT2D eigenvalue weighted by atomic mass is 32.2. The van der Waals surface area contributed by atoms with Crippen molar-refractivity contribution in [1.82, 2.24) is 9.88 Å². The van der Waals surface area contributed by atoms with Gasteiger partial charge in [0.05, 0.1) is 4.91 Å². The molecule has 1 aliphatic rings. The second-order valence-electron chi connectivity index (χ2n) is 4.47. The SMILES string of the molecule is CSCC[C@H](C(=O)O)N1C(=O)/C(=C/c2cccnc2)SC1=S. The fourth-order valence-corrected chi connectivity index (χ4v) is 3.77. The Bertz CT molecular complexity index is 619. The minimum Gasteiger partial charge on any atom is -0.480 e. The van der Waals surface area contributed by atoms with E-state index in [1.165, 1.54) is 16.7 Å². The van der Waals surface area contributed by atoms with E-state index in [9.17, 15) is 14.7 Å². The Morgan fingerprint density at radius 3 is 3.00 bits per heavy atom. The molecule has 0 radical (unpaired) electrons. The van der Waals surface area contributed by atoms with Crippen LogP contribution in [0.5, 0.6) is 0 Å². The second kappa shape index (κ2) is 7.75. The Morgan fingerprint density at radius 2 is 2.41 bits per heavy atom. The molecule has 5 nitrogen and oxygen atoms in total. The van der Waals surface area contributed by atoms with Crippen LogP contribution in [0.25, 0.3) is 6.08 Å². The van der Waals surface area contributed by atoms with Gasteiger partial charge in [-0.3, -0.25) is 14.7 Å². The van der Waals surface area contributed by atoms with Crippen LogP contribution in [0.4, 0.5) is 0 Å². The van der Waals surface area contributed by atoms with Gasteiger partial charge in [-0.1, -0.05) is 30.0 Å². The van der Waals surface area contributed by atoms with Crippen molar-refractivity contribution in [2.24, 2.45) is 0 Å². The van der Waals surface area contributed by atoms with E-state index in [0.717, 1.165) is 17.3 Å². The standard InChI is InChI=1S/C14H14N2O3S3/c1-21-6-4-10(13(18)19)16-12(17)11(22-14(16)20)7-9-3-2-5-15-8-9/h2-3,5,7-8,10H,4,6H2,1H3,(H,18,19)/b11-7-/t10-/m1/s1. The fourth-order valence-electron chi connectivity index (χ4n) is 1.95. The molecule has 1 aromatic rings. The largest absolute Gasteiger partial charge is 0.480 e. The van der Waals surface area contributed by atoms with E-state index < -0.39 is 12.0 Å². The number of pyridine rings is 1. The highest BCUT2D eigenvalue weighted by Gasteiger charge is 2.40. The van der Waals surface area contributed by atoms with Crippen molar-refractivity contribution in [3.8, 4) is 0 Å². The Balaban J connectivity index is 2.24. The normalized spacial score (nSPS) is 18.0. The summed E-state index contributed by atoms with van der Waals surface area (Å²) in [6.45, 7) is 0. The molecule has 0 saturated carbocycles. The van der Waals surface area contributed by atoms with Crippen molar-refractivity contribution in [3.05, 3.63) is 35.0 Å². The molecule has 8 heteroatoms. The van der Waals surface area contributed by atoms with Gasteiger partial charge in [0.25, 0.3) is 5.91 Å². The molecule has 0 aliphatic carbocycles. The summed E-state index contributed by atoms with van der Waals surface area (Å²) in [5, 5.41) is 9.37. The van der Waals surface area contributed by atoms with Gasteiger partial charge >= 0.3 is 5.97 Å². The molecule has 1 N–H and O–H groups in total. The molecule has 116 valence electrons. The molecule has 2 rings (SSSR count). The van der Waals surface area contributed by atoms with Crippen LogP contribution in [-0.4, -0.2) is 49.2 Å². The summed E-state index contributed by atoms with van der Waals surface area (Å²) in [7, 11) is 0. The van der Waals surface area contributed by atoms with E-state index in [-0.39, 0.29) is 10.2 Å². The van der Waals surface area contributed by atoms with Crippen LogP contribution >= 0.6 is 35.7 Å². The number of aliphatic carboxylic acids is 1. The van der Waals surface area contributed by atoms with Crippen LogP contribution in [0.1, 0.15) is 12.0 Å². The molecule has 1 saturated heterocycles. The molecule has 1 atom stereocenters. The average molecular weight is 354 g/mol. The quantitative estimate of drug-likeness (QED) is 0.621. The predicted octanol–water partition coefficient (Wildman–Crippen LogP) is 2.49. The van der Waals surface area contributed by atoms with Crippen LogP contribution in [0.15, 0.2) is 29.4 Å². The van der Waals surface area contributed by atoms with Gasteiger partial charge in [-0.2, -0.15) is 11.8 Å². The zero-order valence-corrected chi connectivity index (χ0v) is 14.2. The number of rotatable bonds is 6. The van der Waals surface area contributed by atoms with E-state index >= 15 is 0 Å². The number of carbonyl (C=O) groups excluding carboxylic acids is 1. The van der Waals surface area contributed by atoms with Gasteiger partial charge < -0.3 is 5.11 Å². The Morgan fingerprint density at radius 1 is 1.64 bits per heavy atom. The van der Waals surface area contributed by atoms with Crippen molar-refractivity contribution in [2.45, 2.75) is 12.5 Å². The third-order valence-electron chi connectivity index (χ3n) is 3.00. The van der Waals surface area contributed by atoms with Crippen molar-refractivity contribution in [1.29, 1.82) is 0 Å². The van der Waals surface area contributed by atoms with E-state index in [4.69, 9.17) is 12.2 Å². The first-order valence-electron chi connectivity index (χ1n) is 6.43. The maximum atomic E-state index is 12.5. The average Bonchev–Trinajstić information content (AvgIpc) is 2.76. The Hall–Kier alpha value is -1.38. The number of carbonyl (C=O) groups is 2. The number of thiocarbonyl (C=S) groups is 1. The lowest BCUT2D eigenvalue weighted by Crippen LogP contribution is -2.44. The van der Waals surface area contributed by atoms with Gasteiger partial charge in [-0.05, 0) is 36.1 Å². The van der Waals surface area contributed by atoms with Crippen LogP contribution in [0, 0.1) is 0 Å². The molecule has 0 unspecified atom stereocenters. The first kappa shape index (κ1) is 17.0. The summed E-state index contributed by atoms with van der Waals surface area (Å²) in [6, 6.07) is 2.67. The van der Waals surface area contributed by atoms with E-state index in [1.807, 2.05) is 12.3 Å².